The molecule has 2 aliphatic rings. The van der Waals surface area contributed by atoms with Crippen molar-refractivity contribution in [2.45, 2.75) is 71.8 Å². The van der Waals surface area contributed by atoms with Crippen molar-refractivity contribution in [3.05, 3.63) is 23.0 Å². The summed E-state index contributed by atoms with van der Waals surface area (Å²) in [6, 6.07) is 2.72. The molecular formula is C17H25NO. The second-order valence-electron chi connectivity index (χ2n) is 7.04. The average molecular weight is 259 g/mol. The van der Waals surface area contributed by atoms with Gasteiger partial charge in [-0.1, -0.05) is 26.7 Å². The van der Waals surface area contributed by atoms with E-state index in [1.165, 1.54) is 37.1 Å². The highest BCUT2D eigenvalue weighted by Gasteiger charge is 2.36. The molecule has 0 radical (unpaired) electrons. The van der Waals surface area contributed by atoms with Gasteiger partial charge in [0.1, 0.15) is 0 Å². The van der Waals surface area contributed by atoms with Crippen LogP contribution in [-0.4, -0.2) is 10.4 Å². The van der Waals surface area contributed by atoms with Crippen LogP contribution in [0.25, 0.3) is 0 Å². The molecule has 0 aliphatic heterocycles. The molecular weight excluding hydrogens is 234 g/mol. The third-order valence-corrected chi connectivity index (χ3v) is 5.22. The molecule has 3 rings (SSSR count). The molecule has 1 saturated carbocycles. The number of fused-ring (bicyclic) bond motifs is 1. The van der Waals surface area contributed by atoms with Gasteiger partial charge in [-0.3, -0.25) is 4.79 Å². The van der Waals surface area contributed by atoms with Crippen molar-refractivity contribution in [3.63, 3.8) is 0 Å². The highest BCUT2D eigenvalue weighted by molar-refractivity contribution is 5.98. The van der Waals surface area contributed by atoms with Crippen molar-refractivity contribution >= 4 is 5.78 Å². The van der Waals surface area contributed by atoms with E-state index in [4.69, 9.17) is 0 Å². The van der Waals surface area contributed by atoms with E-state index in [9.17, 15) is 4.79 Å². The van der Waals surface area contributed by atoms with E-state index in [1.807, 2.05) is 0 Å². The molecule has 1 aromatic rings. The Kier molecular flexibility index (Phi) is 3.07. The third kappa shape index (κ3) is 2.05. The Morgan fingerprint density at radius 2 is 2.00 bits per heavy atom. The van der Waals surface area contributed by atoms with Crippen LogP contribution in [0, 0.1) is 12.3 Å². The van der Waals surface area contributed by atoms with Gasteiger partial charge in [-0.15, -0.1) is 0 Å². The number of carbonyl (C=O) groups excluding carboxylic acids is 1. The molecule has 0 N–H and O–H groups in total. The van der Waals surface area contributed by atoms with E-state index in [-0.39, 0.29) is 0 Å². The average Bonchev–Trinajstić information content (AvgIpc) is 2.67. The van der Waals surface area contributed by atoms with Gasteiger partial charge < -0.3 is 4.57 Å². The Hall–Kier alpha value is -1.05. The summed E-state index contributed by atoms with van der Waals surface area (Å²) in [5.41, 5.74) is 4.00. The fourth-order valence-corrected chi connectivity index (χ4v) is 4.14. The Labute approximate surface area is 116 Å². The Bertz CT molecular complexity index is 510. The summed E-state index contributed by atoms with van der Waals surface area (Å²) in [7, 11) is 0. The zero-order valence-electron chi connectivity index (χ0n) is 12.5. The van der Waals surface area contributed by atoms with Gasteiger partial charge in [-0.05, 0) is 44.1 Å². The van der Waals surface area contributed by atoms with Gasteiger partial charge in [0.15, 0.2) is 5.78 Å². The van der Waals surface area contributed by atoms with Crippen molar-refractivity contribution in [2.24, 2.45) is 5.41 Å². The van der Waals surface area contributed by atoms with Crippen LogP contribution in [0.3, 0.4) is 0 Å². The summed E-state index contributed by atoms with van der Waals surface area (Å²) in [5.74, 6) is 0.358. The lowest BCUT2D eigenvalue weighted by Gasteiger charge is -2.41. The summed E-state index contributed by atoms with van der Waals surface area (Å²) < 4.78 is 2.52. The summed E-state index contributed by atoms with van der Waals surface area (Å²) in [6.07, 6.45) is 8.11. The number of rotatable bonds is 1. The minimum absolute atomic E-state index is 0.357. The number of ketones is 1. The topological polar surface area (TPSA) is 22.0 Å². The molecule has 0 aromatic carbocycles. The van der Waals surface area contributed by atoms with Gasteiger partial charge in [0, 0.05) is 29.4 Å². The summed E-state index contributed by atoms with van der Waals surface area (Å²) in [6.45, 7) is 6.97. The SMILES string of the molecule is Cc1cc2c(n1C1CCCCC1(C)C)CCCC2=O. The molecule has 1 unspecified atom stereocenters. The first-order chi connectivity index (χ1) is 9.00. The number of aromatic nitrogens is 1. The summed E-state index contributed by atoms with van der Waals surface area (Å²) >= 11 is 0. The van der Waals surface area contributed by atoms with Gasteiger partial charge in [0.05, 0.1) is 0 Å². The van der Waals surface area contributed by atoms with Crippen LogP contribution in [-0.2, 0) is 6.42 Å². The Morgan fingerprint density at radius 1 is 1.21 bits per heavy atom. The van der Waals surface area contributed by atoms with E-state index in [0.29, 0.717) is 17.2 Å². The maximum Gasteiger partial charge on any atom is 0.164 e. The molecule has 0 amide bonds. The van der Waals surface area contributed by atoms with Crippen LogP contribution in [0.1, 0.15) is 80.2 Å². The second-order valence-corrected chi connectivity index (χ2v) is 7.04. The molecule has 2 heteroatoms. The molecule has 19 heavy (non-hydrogen) atoms. The van der Waals surface area contributed by atoms with Gasteiger partial charge in [-0.25, -0.2) is 0 Å². The normalized spacial score (nSPS) is 26.3. The minimum Gasteiger partial charge on any atom is -0.345 e. The van der Waals surface area contributed by atoms with Gasteiger partial charge >= 0.3 is 0 Å². The number of hydrogen-bond donors (Lipinski definition) is 0. The predicted molar refractivity (Wildman–Crippen MR) is 77.7 cm³/mol. The van der Waals surface area contributed by atoms with Crippen LogP contribution < -0.4 is 0 Å². The van der Waals surface area contributed by atoms with Crippen LogP contribution in [0.15, 0.2) is 6.07 Å². The highest BCUT2D eigenvalue weighted by atomic mass is 16.1. The highest BCUT2D eigenvalue weighted by Crippen LogP contribution is 2.46. The molecule has 0 saturated heterocycles. The minimum atomic E-state index is 0.357. The van der Waals surface area contributed by atoms with Gasteiger partial charge in [0.25, 0.3) is 0 Å². The first kappa shape index (κ1) is 13.0. The summed E-state index contributed by atoms with van der Waals surface area (Å²) in [4.78, 5) is 12.1. The first-order valence-electron chi connectivity index (χ1n) is 7.74. The maximum atomic E-state index is 12.1. The number of aryl methyl sites for hydroxylation is 1. The lowest BCUT2D eigenvalue weighted by Crippen LogP contribution is -2.32. The molecule has 0 spiro atoms. The van der Waals surface area contributed by atoms with Crippen molar-refractivity contribution in [2.75, 3.05) is 0 Å². The van der Waals surface area contributed by atoms with Crippen molar-refractivity contribution in [1.82, 2.24) is 4.57 Å². The smallest absolute Gasteiger partial charge is 0.164 e. The number of nitrogens with zero attached hydrogens (tertiary/aromatic N) is 1. The maximum absolute atomic E-state index is 12.1. The standard InChI is InChI=1S/C17H25NO/c1-12-11-13-14(7-6-8-15(13)19)18(12)16-9-4-5-10-17(16,2)3/h11,16H,4-10H2,1-3H3. The fraction of sp³-hybridized carbons (Fsp3) is 0.706. The summed E-state index contributed by atoms with van der Waals surface area (Å²) in [5, 5.41) is 0. The fourth-order valence-electron chi connectivity index (χ4n) is 4.14. The van der Waals surface area contributed by atoms with Crippen LogP contribution in [0.4, 0.5) is 0 Å². The zero-order valence-corrected chi connectivity index (χ0v) is 12.5. The van der Waals surface area contributed by atoms with E-state index >= 15 is 0 Å². The molecule has 1 atom stereocenters. The molecule has 1 fully saturated rings. The molecule has 0 bridgehead atoms. The van der Waals surface area contributed by atoms with Crippen molar-refractivity contribution in [3.8, 4) is 0 Å². The lowest BCUT2D eigenvalue weighted by molar-refractivity contribution is 0.0967. The quantitative estimate of drug-likeness (QED) is 0.730. The number of carbonyl (C=O) groups is 1. The molecule has 2 nitrogen and oxygen atoms in total. The van der Waals surface area contributed by atoms with Crippen LogP contribution in [0.5, 0.6) is 0 Å². The van der Waals surface area contributed by atoms with Crippen LogP contribution >= 0.6 is 0 Å². The van der Waals surface area contributed by atoms with Gasteiger partial charge in [-0.2, -0.15) is 0 Å². The number of Topliss-reactive ketones (excluding diaryl/α,β-unsaturated/α-hetero) is 1. The largest absolute Gasteiger partial charge is 0.345 e. The van der Waals surface area contributed by atoms with E-state index < -0.39 is 0 Å². The van der Waals surface area contributed by atoms with Crippen molar-refractivity contribution < 1.29 is 4.79 Å². The predicted octanol–water partition coefficient (Wildman–Crippen LogP) is 4.46. The lowest BCUT2D eigenvalue weighted by atomic mass is 9.73. The second kappa shape index (κ2) is 4.50. The number of hydrogen-bond acceptors (Lipinski definition) is 1. The van der Waals surface area contributed by atoms with Gasteiger partial charge in [0.2, 0.25) is 0 Å². The molecule has 2 aliphatic carbocycles. The van der Waals surface area contributed by atoms with E-state index in [1.54, 1.807) is 0 Å². The molecule has 104 valence electrons. The van der Waals surface area contributed by atoms with E-state index in [2.05, 4.69) is 31.4 Å². The Balaban J connectivity index is 2.07. The third-order valence-electron chi connectivity index (χ3n) is 5.22. The van der Waals surface area contributed by atoms with Crippen molar-refractivity contribution in [1.29, 1.82) is 0 Å². The van der Waals surface area contributed by atoms with Crippen LogP contribution in [0.2, 0.25) is 0 Å². The van der Waals surface area contributed by atoms with E-state index in [0.717, 1.165) is 24.8 Å². The first-order valence-corrected chi connectivity index (χ1v) is 7.74. The molecule has 1 aromatic heterocycles. The monoisotopic (exact) mass is 259 g/mol. The Morgan fingerprint density at radius 3 is 2.74 bits per heavy atom. The molecule has 1 heterocycles. The zero-order chi connectivity index (χ0) is 13.6.